The Labute approximate surface area is 227 Å². The number of benzene rings is 4. The first kappa shape index (κ1) is 25.8. The third kappa shape index (κ3) is 5.27. The first-order valence-corrected chi connectivity index (χ1v) is 12.8. The van der Waals surface area contributed by atoms with E-state index in [0.717, 1.165) is 11.1 Å². The molecular formula is C33H29NO5. The van der Waals surface area contributed by atoms with E-state index in [1.54, 1.807) is 30.3 Å². The van der Waals surface area contributed by atoms with Crippen molar-refractivity contribution in [1.82, 2.24) is 0 Å². The summed E-state index contributed by atoms with van der Waals surface area (Å²) in [6.45, 7) is 4.70. The lowest BCUT2D eigenvalue weighted by Gasteiger charge is -2.25. The summed E-state index contributed by atoms with van der Waals surface area (Å²) in [6, 6.07) is 30.5. The molecule has 1 unspecified atom stereocenters. The van der Waals surface area contributed by atoms with Crippen LogP contribution in [0.25, 0.3) is 5.76 Å². The number of Topliss-reactive ketones (excluding diaryl/α,β-unsaturated/α-hetero) is 1. The molecule has 196 valence electrons. The molecule has 1 atom stereocenters. The maximum absolute atomic E-state index is 13.4. The normalized spacial score (nSPS) is 16.4. The Morgan fingerprint density at radius 1 is 0.846 bits per heavy atom. The summed E-state index contributed by atoms with van der Waals surface area (Å²) in [4.78, 5) is 28.2. The summed E-state index contributed by atoms with van der Waals surface area (Å²) in [5, 5.41) is 11.4. The fourth-order valence-electron chi connectivity index (χ4n) is 4.76. The lowest BCUT2D eigenvalue weighted by atomic mass is 9.94. The van der Waals surface area contributed by atoms with Gasteiger partial charge in [0.05, 0.1) is 18.2 Å². The number of carbonyl (C=O) groups is 2. The monoisotopic (exact) mass is 519 g/mol. The van der Waals surface area contributed by atoms with E-state index in [0.29, 0.717) is 41.5 Å². The van der Waals surface area contributed by atoms with Gasteiger partial charge in [0, 0.05) is 11.3 Å². The summed E-state index contributed by atoms with van der Waals surface area (Å²) < 4.78 is 11.6. The predicted molar refractivity (Wildman–Crippen MR) is 151 cm³/mol. The van der Waals surface area contributed by atoms with Crippen LogP contribution in [-0.4, -0.2) is 23.4 Å². The average Bonchev–Trinajstić information content (AvgIpc) is 3.24. The standard InChI is InChI=1S/C33H29NO5/c1-3-38-28-19-16-25(20-22(28)2)31(35)29-30(34(33(37)32(29)36)26-12-8-5-9-13-26)24-14-17-27(18-15-24)39-21-23-10-6-4-7-11-23/h4-20,30,35H,3,21H2,1-2H3/b31-29-. The molecule has 6 heteroatoms. The maximum atomic E-state index is 13.4. The average molecular weight is 520 g/mol. The second-order valence-electron chi connectivity index (χ2n) is 9.26. The minimum absolute atomic E-state index is 0.0327. The van der Waals surface area contributed by atoms with Crippen molar-refractivity contribution >= 4 is 23.1 Å². The number of aryl methyl sites for hydroxylation is 1. The molecule has 1 amide bonds. The molecule has 0 aromatic heterocycles. The molecule has 1 aliphatic rings. The minimum atomic E-state index is -0.817. The predicted octanol–water partition coefficient (Wildman–Crippen LogP) is 6.60. The zero-order valence-corrected chi connectivity index (χ0v) is 21.8. The molecule has 5 rings (SSSR count). The molecule has 4 aromatic carbocycles. The van der Waals surface area contributed by atoms with Gasteiger partial charge in [-0.05, 0) is 73.0 Å². The van der Waals surface area contributed by atoms with Gasteiger partial charge in [-0.1, -0.05) is 60.7 Å². The van der Waals surface area contributed by atoms with Crippen LogP contribution in [-0.2, 0) is 16.2 Å². The topological polar surface area (TPSA) is 76.1 Å². The van der Waals surface area contributed by atoms with Gasteiger partial charge in [0.25, 0.3) is 11.7 Å². The van der Waals surface area contributed by atoms with Crippen LogP contribution in [0.15, 0.2) is 109 Å². The number of nitrogens with zero attached hydrogens (tertiary/aromatic N) is 1. The van der Waals surface area contributed by atoms with Crippen LogP contribution in [0.4, 0.5) is 5.69 Å². The zero-order chi connectivity index (χ0) is 27.4. The Hall–Kier alpha value is -4.84. The van der Waals surface area contributed by atoms with Gasteiger partial charge >= 0.3 is 0 Å². The smallest absolute Gasteiger partial charge is 0.300 e. The Morgan fingerprint density at radius 3 is 2.15 bits per heavy atom. The Bertz CT molecular complexity index is 1510. The Balaban J connectivity index is 1.55. The van der Waals surface area contributed by atoms with Crippen LogP contribution in [0.5, 0.6) is 11.5 Å². The number of rotatable bonds is 8. The highest BCUT2D eigenvalue weighted by atomic mass is 16.5. The van der Waals surface area contributed by atoms with Gasteiger partial charge in [0.2, 0.25) is 0 Å². The van der Waals surface area contributed by atoms with Crippen molar-refractivity contribution in [3.05, 3.63) is 131 Å². The summed E-state index contributed by atoms with van der Waals surface area (Å²) in [7, 11) is 0. The summed E-state index contributed by atoms with van der Waals surface area (Å²) in [5.41, 5.74) is 3.57. The molecule has 6 nitrogen and oxygen atoms in total. The molecule has 1 heterocycles. The molecule has 0 spiro atoms. The van der Waals surface area contributed by atoms with Crippen LogP contribution in [0.1, 0.15) is 35.2 Å². The Kier molecular flexibility index (Phi) is 7.46. The number of hydrogen-bond donors (Lipinski definition) is 1. The molecule has 39 heavy (non-hydrogen) atoms. The Morgan fingerprint density at radius 2 is 1.51 bits per heavy atom. The van der Waals surface area contributed by atoms with Crippen LogP contribution >= 0.6 is 0 Å². The van der Waals surface area contributed by atoms with E-state index in [1.807, 2.05) is 86.6 Å². The summed E-state index contributed by atoms with van der Waals surface area (Å²) >= 11 is 0. The second-order valence-corrected chi connectivity index (χ2v) is 9.26. The lowest BCUT2D eigenvalue weighted by molar-refractivity contribution is -0.132. The first-order chi connectivity index (χ1) is 19.0. The number of ketones is 1. The van der Waals surface area contributed by atoms with Gasteiger partial charge in [-0.25, -0.2) is 0 Å². The SMILES string of the molecule is CCOc1ccc(/C(O)=C2/C(=O)C(=O)N(c3ccccc3)C2c2ccc(OCc3ccccc3)cc2)cc1C. The molecule has 0 radical (unpaired) electrons. The van der Waals surface area contributed by atoms with Gasteiger partial charge in [0.15, 0.2) is 0 Å². The van der Waals surface area contributed by atoms with E-state index < -0.39 is 17.7 Å². The number of amides is 1. The molecule has 1 fully saturated rings. The van der Waals surface area contributed by atoms with E-state index in [4.69, 9.17) is 9.47 Å². The molecule has 0 aliphatic carbocycles. The van der Waals surface area contributed by atoms with Gasteiger partial charge in [0.1, 0.15) is 23.9 Å². The first-order valence-electron chi connectivity index (χ1n) is 12.8. The quantitative estimate of drug-likeness (QED) is 0.161. The third-order valence-electron chi connectivity index (χ3n) is 6.67. The van der Waals surface area contributed by atoms with Gasteiger partial charge in [-0.2, -0.15) is 0 Å². The van der Waals surface area contributed by atoms with Crippen LogP contribution in [0.3, 0.4) is 0 Å². The number of hydrogen-bond acceptors (Lipinski definition) is 5. The maximum Gasteiger partial charge on any atom is 0.300 e. The molecule has 1 N–H and O–H groups in total. The van der Waals surface area contributed by atoms with Crippen LogP contribution < -0.4 is 14.4 Å². The second kappa shape index (κ2) is 11.3. The zero-order valence-electron chi connectivity index (χ0n) is 21.8. The number of aliphatic hydroxyl groups excluding tert-OH is 1. The van der Waals surface area contributed by atoms with Crippen LogP contribution in [0, 0.1) is 6.92 Å². The molecule has 0 bridgehead atoms. The fourth-order valence-corrected chi connectivity index (χ4v) is 4.76. The van der Waals surface area contributed by atoms with Crippen molar-refractivity contribution in [3.8, 4) is 11.5 Å². The number of para-hydroxylation sites is 1. The van der Waals surface area contributed by atoms with Crippen molar-refractivity contribution in [1.29, 1.82) is 0 Å². The van der Waals surface area contributed by atoms with Crippen molar-refractivity contribution in [2.24, 2.45) is 0 Å². The van der Waals surface area contributed by atoms with Crippen molar-refractivity contribution in [2.75, 3.05) is 11.5 Å². The minimum Gasteiger partial charge on any atom is -0.507 e. The summed E-state index contributed by atoms with van der Waals surface area (Å²) in [5.74, 6) is -0.313. The van der Waals surface area contributed by atoms with E-state index in [9.17, 15) is 14.7 Å². The number of carbonyl (C=O) groups excluding carboxylic acids is 2. The third-order valence-corrected chi connectivity index (χ3v) is 6.67. The van der Waals surface area contributed by atoms with E-state index in [2.05, 4.69) is 0 Å². The van der Waals surface area contributed by atoms with Gasteiger partial charge < -0.3 is 14.6 Å². The van der Waals surface area contributed by atoms with Crippen molar-refractivity contribution in [3.63, 3.8) is 0 Å². The molecule has 4 aromatic rings. The molecule has 0 saturated carbocycles. The van der Waals surface area contributed by atoms with Gasteiger partial charge in [-0.15, -0.1) is 0 Å². The van der Waals surface area contributed by atoms with Gasteiger partial charge in [-0.3, -0.25) is 14.5 Å². The van der Waals surface area contributed by atoms with Crippen molar-refractivity contribution < 1.29 is 24.2 Å². The highest BCUT2D eigenvalue weighted by Crippen LogP contribution is 2.42. The fraction of sp³-hybridized carbons (Fsp3) is 0.152. The van der Waals surface area contributed by atoms with E-state index >= 15 is 0 Å². The van der Waals surface area contributed by atoms with E-state index in [-0.39, 0.29) is 11.3 Å². The highest BCUT2D eigenvalue weighted by Gasteiger charge is 2.47. The largest absolute Gasteiger partial charge is 0.507 e. The molecule has 1 aliphatic heterocycles. The van der Waals surface area contributed by atoms with Crippen molar-refractivity contribution in [2.45, 2.75) is 26.5 Å². The number of aliphatic hydroxyl groups is 1. The molecular weight excluding hydrogens is 490 g/mol. The number of ether oxygens (including phenoxy) is 2. The summed E-state index contributed by atoms with van der Waals surface area (Å²) in [6.07, 6.45) is 0. The lowest BCUT2D eigenvalue weighted by Crippen LogP contribution is -2.29. The van der Waals surface area contributed by atoms with E-state index in [1.165, 1.54) is 4.90 Å². The van der Waals surface area contributed by atoms with Crippen LogP contribution in [0.2, 0.25) is 0 Å². The highest BCUT2D eigenvalue weighted by molar-refractivity contribution is 6.51. The number of anilines is 1. The molecule has 1 saturated heterocycles.